The van der Waals surface area contributed by atoms with Gasteiger partial charge in [0, 0.05) is 28.3 Å². The summed E-state index contributed by atoms with van der Waals surface area (Å²) < 4.78 is 0. The Hall–Kier alpha value is -2.26. The summed E-state index contributed by atoms with van der Waals surface area (Å²) in [5, 5.41) is 0. The highest BCUT2D eigenvalue weighted by molar-refractivity contribution is 6.28. The van der Waals surface area contributed by atoms with Crippen LogP contribution in [0.25, 0.3) is 0 Å². The van der Waals surface area contributed by atoms with Crippen LogP contribution in [0.3, 0.4) is 0 Å². The Morgan fingerprint density at radius 2 is 1.37 bits per heavy atom. The molecule has 0 saturated carbocycles. The van der Waals surface area contributed by atoms with Crippen LogP contribution < -0.4 is 5.73 Å². The fourth-order valence-electron chi connectivity index (χ4n) is 2.40. The molecular formula is C16H13NO2. The third kappa shape index (κ3) is 1.71. The first-order valence-corrected chi connectivity index (χ1v) is 6.17. The van der Waals surface area contributed by atoms with E-state index in [0.717, 1.165) is 5.56 Å². The van der Waals surface area contributed by atoms with Gasteiger partial charge in [0.1, 0.15) is 0 Å². The van der Waals surface area contributed by atoms with E-state index in [9.17, 15) is 9.59 Å². The van der Waals surface area contributed by atoms with E-state index < -0.39 is 0 Å². The van der Waals surface area contributed by atoms with Gasteiger partial charge in [0.15, 0.2) is 11.6 Å². The van der Waals surface area contributed by atoms with Crippen molar-refractivity contribution in [3.63, 3.8) is 0 Å². The minimum Gasteiger partial charge on any atom is -0.324 e. The molecule has 0 aromatic heterocycles. The Labute approximate surface area is 111 Å². The Morgan fingerprint density at radius 1 is 0.842 bits per heavy atom. The summed E-state index contributed by atoms with van der Waals surface area (Å²) >= 11 is 0. The predicted molar refractivity (Wildman–Crippen MR) is 72.4 cm³/mol. The number of rotatable bonds is 1. The summed E-state index contributed by atoms with van der Waals surface area (Å²) in [6, 6.07) is 12.0. The van der Waals surface area contributed by atoms with Crippen LogP contribution in [0, 0.1) is 0 Å². The Balaban J connectivity index is 2.24. The molecule has 0 heterocycles. The predicted octanol–water partition coefficient (Wildman–Crippen LogP) is 2.48. The molecule has 1 unspecified atom stereocenters. The molecule has 1 atom stereocenters. The molecule has 0 amide bonds. The van der Waals surface area contributed by atoms with Gasteiger partial charge in [0.2, 0.25) is 0 Å². The van der Waals surface area contributed by atoms with Crippen molar-refractivity contribution in [2.24, 2.45) is 5.73 Å². The first-order chi connectivity index (χ1) is 9.09. The molecule has 94 valence electrons. The van der Waals surface area contributed by atoms with Crippen LogP contribution in [0.15, 0.2) is 42.5 Å². The maximum atomic E-state index is 12.4. The highest BCUT2D eigenvalue weighted by Crippen LogP contribution is 2.28. The molecule has 3 heteroatoms. The van der Waals surface area contributed by atoms with Crippen molar-refractivity contribution in [3.8, 4) is 0 Å². The average molecular weight is 251 g/mol. The van der Waals surface area contributed by atoms with E-state index in [2.05, 4.69) is 0 Å². The standard InChI is InChI=1S/C16H13NO2/c1-9(17)10-6-7-13-14(8-10)16(19)12-5-3-2-4-11(12)15(13)18/h2-9H,17H2,1H3. The first kappa shape index (κ1) is 11.8. The molecule has 2 N–H and O–H groups in total. The quantitative estimate of drug-likeness (QED) is 0.722. The monoisotopic (exact) mass is 251 g/mol. The van der Waals surface area contributed by atoms with Gasteiger partial charge in [-0.3, -0.25) is 9.59 Å². The summed E-state index contributed by atoms with van der Waals surface area (Å²) in [6.45, 7) is 1.85. The summed E-state index contributed by atoms with van der Waals surface area (Å²) in [7, 11) is 0. The van der Waals surface area contributed by atoms with E-state index in [1.165, 1.54) is 0 Å². The van der Waals surface area contributed by atoms with E-state index in [-0.39, 0.29) is 17.6 Å². The number of ketones is 2. The van der Waals surface area contributed by atoms with Crippen LogP contribution in [0.5, 0.6) is 0 Å². The average Bonchev–Trinajstić information content (AvgIpc) is 2.44. The van der Waals surface area contributed by atoms with Gasteiger partial charge in [-0.1, -0.05) is 30.3 Å². The van der Waals surface area contributed by atoms with Gasteiger partial charge in [-0.25, -0.2) is 0 Å². The van der Waals surface area contributed by atoms with E-state index in [4.69, 9.17) is 5.73 Å². The molecule has 0 radical (unpaired) electrons. The van der Waals surface area contributed by atoms with Gasteiger partial charge in [0.05, 0.1) is 0 Å². The second-order valence-electron chi connectivity index (χ2n) is 4.80. The highest BCUT2D eigenvalue weighted by Gasteiger charge is 2.29. The van der Waals surface area contributed by atoms with Crippen LogP contribution in [0.2, 0.25) is 0 Å². The minimum atomic E-state index is -0.162. The van der Waals surface area contributed by atoms with Gasteiger partial charge in [-0.15, -0.1) is 0 Å². The highest BCUT2D eigenvalue weighted by atomic mass is 16.1. The van der Waals surface area contributed by atoms with E-state index >= 15 is 0 Å². The maximum absolute atomic E-state index is 12.4. The Morgan fingerprint density at radius 3 is 1.95 bits per heavy atom. The van der Waals surface area contributed by atoms with Crippen molar-refractivity contribution in [2.45, 2.75) is 13.0 Å². The fourth-order valence-corrected chi connectivity index (χ4v) is 2.40. The lowest BCUT2D eigenvalue weighted by atomic mass is 9.83. The molecule has 0 fully saturated rings. The number of hydrogen-bond acceptors (Lipinski definition) is 3. The second kappa shape index (κ2) is 4.14. The minimum absolute atomic E-state index is 0.0959. The smallest absolute Gasteiger partial charge is 0.194 e. The summed E-state index contributed by atoms with van der Waals surface area (Å²) in [5.41, 5.74) is 8.56. The molecule has 19 heavy (non-hydrogen) atoms. The summed E-state index contributed by atoms with van der Waals surface area (Å²) in [5.74, 6) is -0.200. The number of fused-ring (bicyclic) bond motifs is 2. The molecule has 3 nitrogen and oxygen atoms in total. The van der Waals surface area contributed by atoms with Crippen LogP contribution in [0.4, 0.5) is 0 Å². The topological polar surface area (TPSA) is 60.2 Å². The van der Waals surface area contributed by atoms with Gasteiger partial charge in [-0.2, -0.15) is 0 Å². The van der Waals surface area contributed by atoms with E-state index in [1.54, 1.807) is 36.4 Å². The van der Waals surface area contributed by atoms with Crippen LogP contribution in [-0.2, 0) is 0 Å². The van der Waals surface area contributed by atoms with E-state index in [1.807, 2.05) is 13.0 Å². The van der Waals surface area contributed by atoms with Gasteiger partial charge in [-0.05, 0) is 24.6 Å². The van der Waals surface area contributed by atoms with Gasteiger partial charge in [0.25, 0.3) is 0 Å². The van der Waals surface area contributed by atoms with Crippen LogP contribution >= 0.6 is 0 Å². The van der Waals surface area contributed by atoms with Gasteiger partial charge < -0.3 is 5.73 Å². The molecule has 1 aliphatic carbocycles. The largest absolute Gasteiger partial charge is 0.324 e. The molecule has 1 aliphatic rings. The molecule has 0 saturated heterocycles. The third-order valence-electron chi connectivity index (χ3n) is 3.47. The van der Waals surface area contributed by atoms with Crippen molar-refractivity contribution in [1.82, 2.24) is 0 Å². The van der Waals surface area contributed by atoms with Crippen LogP contribution in [0.1, 0.15) is 50.4 Å². The number of carbonyl (C=O) groups is 2. The summed E-state index contributed by atoms with van der Waals surface area (Å²) in [4.78, 5) is 24.8. The van der Waals surface area contributed by atoms with Crippen molar-refractivity contribution in [1.29, 1.82) is 0 Å². The zero-order valence-electron chi connectivity index (χ0n) is 10.5. The lowest BCUT2D eigenvalue weighted by molar-refractivity contribution is 0.0979. The molecular weight excluding hydrogens is 238 g/mol. The SMILES string of the molecule is CC(N)c1ccc2c(c1)C(=O)c1ccccc1C2=O. The molecule has 3 rings (SSSR count). The molecule has 2 aromatic carbocycles. The van der Waals surface area contributed by atoms with Crippen molar-refractivity contribution in [2.75, 3.05) is 0 Å². The van der Waals surface area contributed by atoms with Crippen molar-refractivity contribution >= 4 is 11.6 Å². The lowest BCUT2D eigenvalue weighted by Crippen LogP contribution is -2.21. The van der Waals surface area contributed by atoms with Crippen molar-refractivity contribution in [3.05, 3.63) is 70.3 Å². The number of carbonyl (C=O) groups excluding carboxylic acids is 2. The lowest BCUT2D eigenvalue weighted by Gasteiger charge is -2.18. The second-order valence-corrected chi connectivity index (χ2v) is 4.80. The van der Waals surface area contributed by atoms with Gasteiger partial charge >= 0.3 is 0 Å². The summed E-state index contributed by atoms with van der Waals surface area (Å²) in [6.07, 6.45) is 0. The normalized spacial score (nSPS) is 14.8. The van der Waals surface area contributed by atoms with Crippen molar-refractivity contribution < 1.29 is 9.59 Å². The van der Waals surface area contributed by atoms with E-state index in [0.29, 0.717) is 22.3 Å². The Kier molecular flexibility index (Phi) is 2.57. The third-order valence-corrected chi connectivity index (χ3v) is 3.47. The molecule has 0 bridgehead atoms. The maximum Gasteiger partial charge on any atom is 0.194 e. The number of benzene rings is 2. The molecule has 2 aromatic rings. The van der Waals surface area contributed by atoms with Crippen LogP contribution in [-0.4, -0.2) is 11.6 Å². The molecule has 0 aliphatic heterocycles. The zero-order valence-corrected chi connectivity index (χ0v) is 10.5. The zero-order chi connectivity index (χ0) is 13.6. The first-order valence-electron chi connectivity index (χ1n) is 6.17. The fraction of sp³-hybridized carbons (Fsp3) is 0.125. The number of nitrogens with two attached hydrogens (primary N) is 1. The number of hydrogen-bond donors (Lipinski definition) is 1. The molecule has 0 spiro atoms. The Bertz CT molecular complexity index is 702.